The third-order valence-electron chi connectivity index (χ3n) is 8.21. The topological polar surface area (TPSA) is 90.1 Å². The van der Waals surface area contributed by atoms with Crippen LogP contribution in [0.5, 0.6) is 5.75 Å². The van der Waals surface area contributed by atoms with E-state index in [1.54, 1.807) is 31.5 Å². The molecule has 0 amide bonds. The maximum absolute atomic E-state index is 14.1. The van der Waals surface area contributed by atoms with Gasteiger partial charge in [0.1, 0.15) is 17.4 Å². The predicted octanol–water partition coefficient (Wildman–Crippen LogP) is 5.11. The number of carbonyl (C=O) groups excluding carboxylic acids is 1. The Kier molecular flexibility index (Phi) is 8.77. The van der Waals surface area contributed by atoms with Gasteiger partial charge in [0.2, 0.25) is 0 Å². The summed E-state index contributed by atoms with van der Waals surface area (Å²) in [7, 11) is 1.94. The third kappa shape index (κ3) is 6.05. The number of ketones is 1. The van der Waals surface area contributed by atoms with E-state index in [-0.39, 0.29) is 53.8 Å². The Morgan fingerprint density at radius 2 is 1.84 bits per heavy atom. The molecule has 1 atom stereocenters. The molecule has 0 unspecified atom stereocenters. The molecule has 9 nitrogen and oxygen atoms in total. The highest BCUT2D eigenvalue weighted by Gasteiger charge is 2.40. The van der Waals surface area contributed by atoms with E-state index in [2.05, 4.69) is 20.3 Å². The Labute approximate surface area is 259 Å². The van der Waals surface area contributed by atoms with Gasteiger partial charge in [-0.15, -0.1) is 12.4 Å². The number of likely N-dealkylation sites (N-methyl/N-ethyl adjacent to an activating group) is 1. The van der Waals surface area contributed by atoms with Gasteiger partial charge in [0, 0.05) is 74.1 Å². The van der Waals surface area contributed by atoms with Crippen molar-refractivity contribution in [2.75, 3.05) is 31.6 Å². The normalized spacial score (nSPS) is 16.8. The fourth-order valence-corrected chi connectivity index (χ4v) is 5.79. The average Bonchev–Trinajstić information content (AvgIpc) is 3.55. The zero-order chi connectivity index (χ0) is 30.5. The first-order valence-electron chi connectivity index (χ1n) is 14.4. The van der Waals surface area contributed by atoms with Gasteiger partial charge in [-0.25, -0.2) is 9.97 Å². The van der Waals surface area contributed by atoms with Crippen molar-refractivity contribution in [3.8, 4) is 16.9 Å². The number of aromatic nitrogens is 5. The quantitative estimate of drug-likeness (QED) is 0.290. The molecule has 2 aliphatic heterocycles. The van der Waals surface area contributed by atoms with E-state index in [0.29, 0.717) is 24.6 Å². The molecule has 5 heterocycles. The number of aryl methyl sites for hydroxylation is 3. The van der Waals surface area contributed by atoms with E-state index in [9.17, 15) is 18.0 Å². The van der Waals surface area contributed by atoms with Gasteiger partial charge in [-0.3, -0.25) is 9.48 Å². The number of ether oxygens (including phenoxy) is 1. The summed E-state index contributed by atoms with van der Waals surface area (Å²) in [6.07, 6.45) is 0.506. The molecule has 0 bridgehead atoms. The first-order valence-corrected chi connectivity index (χ1v) is 14.4. The van der Waals surface area contributed by atoms with Crippen LogP contribution in [0.15, 0.2) is 42.9 Å². The van der Waals surface area contributed by atoms with Crippen LogP contribution in [0.25, 0.3) is 11.1 Å². The molecule has 0 radical (unpaired) electrons. The number of nitrogens with one attached hydrogen (secondary N) is 1. The zero-order valence-corrected chi connectivity index (χ0v) is 25.8. The number of rotatable bonds is 8. The largest absolute Gasteiger partial charge is 0.491 e. The number of hydrogen-bond donors (Lipinski definition) is 1. The van der Waals surface area contributed by atoms with Crippen LogP contribution in [0.3, 0.4) is 0 Å². The molecule has 2 aliphatic rings. The van der Waals surface area contributed by atoms with Gasteiger partial charge in [-0.1, -0.05) is 0 Å². The second-order valence-electron chi connectivity index (χ2n) is 11.3. The molecule has 0 aliphatic carbocycles. The van der Waals surface area contributed by atoms with Gasteiger partial charge in [0.05, 0.1) is 18.1 Å². The summed E-state index contributed by atoms with van der Waals surface area (Å²) in [4.78, 5) is 25.3. The number of hydrogen-bond acceptors (Lipinski definition) is 7. The first-order chi connectivity index (χ1) is 20.5. The molecule has 13 heteroatoms. The standard InChI is InChI=1S/C31H34F3N7O2.ClH/c1-5-41-16-26(30(38-41)31(32,33)34)24-10-20(13-39-7-6-36-19(39)3)11-25-28(42)21(17-43-29(24)25)12-22-8-18(2)9-27(37-22)40-14-23(15-40)35-4;/h6-11,16,21,23,35H,5,12-15,17H2,1-4H3;1H/t21-;/m1./s1. The fraction of sp³-hybridized carbons (Fsp3) is 0.419. The third-order valence-corrected chi connectivity index (χ3v) is 8.21. The monoisotopic (exact) mass is 629 g/mol. The molecule has 234 valence electrons. The summed E-state index contributed by atoms with van der Waals surface area (Å²) in [5, 5.41) is 7.07. The molecule has 0 saturated carbocycles. The van der Waals surface area contributed by atoms with Gasteiger partial charge in [-0.05, 0) is 63.2 Å². The number of benzene rings is 1. The van der Waals surface area contributed by atoms with Gasteiger partial charge in [-0.2, -0.15) is 18.3 Å². The van der Waals surface area contributed by atoms with E-state index in [1.807, 2.05) is 37.6 Å². The lowest BCUT2D eigenvalue weighted by atomic mass is 9.87. The van der Waals surface area contributed by atoms with E-state index in [4.69, 9.17) is 9.72 Å². The predicted molar refractivity (Wildman–Crippen MR) is 163 cm³/mol. The second-order valence-corrected chi connectivity index (χ2v) is 11.3. The molecule has 4 aromatic rings. The van der Waals surface area contributed by atoms with Crippen molar-refractivity contribution < 1.29 is 22.7 Å². The number of carbonyl (C=O) groups is 1. The molecule has 0 spiro atoms. The lowest BCUT2D eigenvalue weighted by molar-refractivity contribution is -0.141. The maximum Gasteiger partial charge on any atom is 0.435 e. The van der Waals surface area contributed by atoms with Crippen molar-refractivity contribution >= 4 is 24.0 Å². The smallest absolute Gasteiger partial charge is 0.435 e. The van der Waals surface area contributed by atoms with Crippen LogP contribution in [0.4, 0.5) is 19.0 Å². The minimum atomic E-state index is -4.68. The number of imidazole rings is 1. The van der Waals surface area contributed by atoms with Crippen molar-refractivity contribution in [1.82, 2.24) is 29.6 Å². The summed E-state index contributed by atoms with van der Waals surface area (Å²) in [5.41, 5.74) is 1.85. The maximum atomic E-state index is 14.1. The molecule has 1 saturated heterocycles. The molecule has 3 aromatic heterocycles. The van der Waals surface area contributed by atoms with Crippen molar-refractivity contribution in [2.45, 2.75) is 52.5 Å². The van der Waals surface area contributed by atoms with Crippen LogP contribution in [0.2, 0.25) is 0 Å². The van der Waals surface area contributed by atoms with E-state index in [1.165, 1.54) is 10.9 Å². The van der Waals surface area contributed by atoms with Gasteiger partial charge in [0.15, 0.2) is 11.5 Å². The SMILES string of the molecule is CCn1cc(-c2cc(Cn3ccnc3C)cc3c2OC[C@@H](Cc2cc(C)cc(N4CC(NC)C4)n2)C3=O)c(C(F)(F)F)n1.Cl. The van der Waals surface area contributed by atoms with Crippen LogP contribution in [0, 0.1) is 19.8 Å². The zero-order valence-electron chi connectivity index (χ0n) is 25.0. The number of alkyl halides is 3. The second kappa shape index (κ2) is 12.2. The summed E-state index contributed by atoms with van der Waals surface area (Å²) in [6, 6.07) is 7.83. The lowest BCUT2D eigenvalue weighted by Crippen LogP contribution is -2.57. The van der Waals surface area contributed by atoms with Gasteiger partial charge < -0.3 is 19.5 Å². The van der Waals surface area contributed by atoms with Crippen molar-refractivity contribution in [3.05, 3.63) is 76.8 Å². The highest BCUT2D eigenvalue weighted by atomic mass is 35.5. The lowest BCUT2D eigenvalue weighted by Gasteiger charge is -2.40. The van der Waals surface area contributed by atoms with Crippen molar-refractivity contribution in [1.29, 1.82) is 0 Å². The molecule has 6 rings (SSSR count). The Morgan fingerprint density at radius 3 is 2.50 bits per heavy atom. The van der Waals surface area contributed by atoms with Gasteiger partial charge >= 0.3 is 6.18 Å². The summed E-state index contributed by atoms with van der Waals surface area (Å²) in [6.45, 7) is 7.94. The van der Waals surface area contributed by atoms with Crippen LogP contribution in [-0.4, -0.2) is 62.9 Å². The van der Waals surface area contributed by atoms with Gasteiger partial charge in [0.25, 0.3) is 0 Å². The van der Waals surface area contributed by atoms with Crippen molar-refractivity contribution in [3.63, 3.8) is 0 Å². The summed E-state index contributed by atoms with van der Waals surface area (Å²) < 4.78 is 51.7. The van der Waals surface area contributed by atoms with E-state index < -0.39 is 17.8 Å². The number of fused-ring (bicyclic) bond motifs is 1. The van der Waals surface area contributed by atoms with Crippen LogP contribution in [0.1, 0.15) is 45.6 Å². The molecular weight excluding hydrogens is 595 g/mol. The highest BCUT2D eigenvalue weighted by Crippen LogP contribution is 2.44. The Balaban J connectivity index is 0.00000384. The molecule has 1 aromatic carbocycles. The molecule has 1 N–H and O–H groups in total. The average molecular weight is 630 g/mol. The first kappa shape index (κ1) is 31.5. The number of halogens is 4. The molecule has 1 fully saturated rings. The summed E-state index contributed by atoms with van der Waals surface area (Å²) >= 11 is 0. The Bertz CT molecular complexity index is 1680. The van der Waals surface area contributed by atoms with Crippen LogP contribution < -0.4 is 15.0 Å². The minimum Gasteiger partial charge on any atom is -0.491 e. The number of Topliss-reactive ketones (excluding diaryl/α,β-unsaturated/α-hetero) is 1. The highest BCUT2D eigenvalue weighted by molar-refractivity contribution is 6.04. The number of anilines is 1. The van der Waals surface area contributed by atoms with E-state index in [0.717, 1.165) is 36.0 Å². The fourth-order valence-electron chi connectivity index (χ4n) is 5.79. The number of pyridine rings is 1. The van der Waals surface area contributed by atoms with Crippen LogP contribution >= 0.6 is 12.4 Å². The molecular formula is C31H35ClF3N7O2. The van der Waals surface area contributed by atoms with E-state index >= 15 is 0 Å². The number of nitrogens with zero attached hydrogens (tertiary/aromatic N) is 6. The summed E-state index contributed by atoms with van der Waals surface area (Å²) in [5.74, 6) is 1.07. The van der Waals surface area contributed by atoms with Crippen LogP contribution in [-0.2, 0) is 25.7 Å². The van der Waals surface area contributed by atoms with Crippen molar-refractivity contribution in [2.24, 2.45) is 5.92 Å². The Hall–Kier alpha value is -3.90. The Morgan fingerprint density at radius 1 is 1.09 bits per heavy atom. The minimum absolute atomic E-state index is 0. The molecule has 44 heavy (non-hydrogen) atoms.